The van der Waals surface area contributed by atoms with E-state index in [0.29, 0.717) is 34.9 Å². The second kappa shape index (κ2) is 9.83. The van der Waals surface area contributed by atoms with Crippen molar-refractivity contribution in [3.63, 3.8) is 0 Å². The van der Waals surface area contributed by atoms with E-state index >= 15 is 0 Å². The summed E-state index contributed by atoms with van der Waals surface area (Å²) < 4.78 is 27.4. The Bertz CT molecular complexity index is 1510. The molecule has 5 rings (SSSR count). The zero-order chi connectivity index (χ0) is 25.9. The molecule has 1 aliphatic heterocycles. The monoisotopic (exact) mass is 498 g/mol. The number of hydrogen-bond acceptors (Lipinski definition) is 9. The molecule has 186 valence electrons. The molecule has 1 atom stereocenters. The summed E-state index contributed by atoms with van der Waals surface area (Å²) in [5.74, 6) is 0.218. The Morgan fingerprint density at radius 1 is 1.19 bits per heavy atom. The second-order valence-electron chi connectivity index (χ2n) is 7.98. The first-order valence-corrected chi connectivity index (χ1v) is 11.4. The van der Waals surface area contributed by atoms with E-state index in [1.807, 2.05) is 31.2 Å². The topological polar surface area (TPSA) is 146 Å². The predicted octanol–water partition coefficient (Wildman–Crippen LogP) is 4.51. The molecule has 2 aromatic heterocycles. The standard InChI is InChI=1S/C27H22N4O6/c1-3-34-21-13-16(8-11-19(21)36-27(32)20-5-4-12-35-20)22-18(14-28)25(29)37-26-23(22)24(30-31-26)15-6-9-17(33-2)10-7-15/h4-13,22H,3,29H2,1-2H3,(H,30,31)/t22-/m0/s1. The molecular weight excluding hydrogens is 476 g/mol. The highest BCUT2D eigenvalue weighted by Gasteiger charge is 2.36. The van der Waals surface area contributed by atoms with Gasteiger partial charge in [0.05, 0.1) is 37.2 Å². The van der Waals surface area contributed by atoms with Crippen LogP contribution in [0.15, 0.2) is 76.7 Å². The Kier molecular flexibility index (Phi) is 6.26. The number of ether oxygens (including phenoxy) is 4. The number of allylic oxidation sites excluding steroid dienone is 1. The highest BCUT2D eigenvalue weighted by Crippen LogP contribution is 2.47. The third-order valence-electron chi connectivity index (χ3n) is 5.84. The van der Waals surface area contributed by atoms with Crippen molar-refractivity contribution in [3.8, 4) is 40.5 Å². The lowest BCUT2D eigenvalue weighted by molar-refractivity contribution is 0.0695. The van der Waals surface area contributed by atoms with Crippen LogP contribution in [0.1, 0.15) is 34.5 Å². The maximum Gasteiger partial charge on any atom is 0.379 e. The number of H-pyrrole nitrogens is 1. The molecule has 0 aliphatic carbocycles. The number of nitrogens with two attached hydrogens (primary N) is 1. The number of aromatic nitrogens is 2. The van der Waals surface area contributed by atoms with E-state index in [4.69, 9.17) is 29.1 Å². The maximum absolute atomic E-state index is 12.5. The Hall–Kier alpha value is -5.17. The SMILES string of the molecule is CCOc1cc([C@H]2C(C#N)=C(N)Oc3n[nH]c(-c4ccc(OC)cc4)c32)ccc1OC(=O)c1ccco1. The van der Waals surface area contributed by atoms with Crippen LogP contribution in [-0.2, 0) is 0 Å². The number of hydrogen-bond donors (Lipinski definition) is 2. The average molecular weight is 498 g/mol. The lowest BCUT2D eigenvalue weighted by atomic mass is 9.83. The van der Waals surface area contributed by atoms with Crippen molar-refractivity contribution in [3.05, 3.63) is 89.2 Å². The van der Waals surface area contributed by atoms with Gasteiger partial charge in [-0.15, -0.1) is 5.10 Å². The fourth-order valence-electron chi connectivity index (χ4n) is 4.16. The Balaban J connectivity index is 1.59. The van der Waals surface area contributed by atoms with Gasteiger partial charge in [-0.1, -0.05) is 6.07 Å². The lowest BCUT2D eigenvalue weighted by Gasteiger charge is -2.25. The lowest BCUT2D eigenvalue weighted by Crippen LogP contribution is -2.21. The molecule has 0 fully saturated rings. The highest BCUT2D eigenvalue weighted by atomic mass is 16.6. The van der Waals surface area contributed by atoms with Crippen molar-refractivity contribution >= 4 is 5.97 Å². The average Bonchev–Trinajstić information content (AvgIpc) is 3.60. The van der Waals surface area contributed by atoms with Crippen molar-refractivity contribution < 1.29 is 28.2 Å². The van der Waals surface area contributed by atoms with Gasteiger partial charge in [0.2, 0.25) is 17.5 Å². The molecule has 2 aromatic carbocycles. The van der Waals surface area contributed by atoms with Crippen LogP contribution in [0.3, 0.4) is 0 Å². The minimum Gasteiger partial charge on any atom is -0.497 e. The number of benzene rings is 2. The van der Waals surface area contributed by atoms with E-state index in [9.17, 15) is 10.1 Å². The van der Waals surface area contributed by atoms with Crippen LogP contribution in [0.25, 0.3) is 11.3 Å². The van der Waals surface area contributed by atoms with Gasteiger partial charge in [-0.25, -0.2) is 4.79 Å². The fourth-order valence-corrected chi connectivity index (χ4v) is 4.16. The Morgan fingerprint density at radius 3 is 2.68 bits per heavy atom. The van der Waals surface area contributed by atoms with Crippen molar-refractivity contribution in [2.45, 2.75) is 12.8 Å². The minimum atomic E-state index is -0.662. The number of esters is 1. The number of methoxy groups -OCH3 is 1. The van der Waals surface area contributed by atoms with Gasteiger partial charge in [0.1, 0.15) is 17.4 Å². The van der Waals surface area contributed by atoms with Crippen molar-refractivity contribution in [2.24, 2.45) is 5.73 Å². The van der Waals surface area contributed by atoms with Crippen LogP contribution in [0.5, 0.6) is 23.1 Å². The number of rotatable bonds is 7. The molecule has 0 spiro atoms. The molecule has 37 heavy (non-hydrogen) atoms. The van der Waals surface area contributed by atoms with E-state index < -0.39 is 11.9 Å². The van der Waals surface area contributed by atoms with E-state index in [-0.39, 0.29) is 28.8 Å². The van der Waals surface area contributed by atoms with Gasteiger partial charge in [0.15, 0.2) is 11.5 Å². The smallest absolute Gasteiger partial charge is 0.379 e. The second-order valence-corrected chi connectivity index (χ2v) is 7.98. The molecule has 10 nitrogen and oxygen atoms in total. The molecule has 0 amide bonds. The summed E-state index contributed by atoms with van der Waals surface area (Å²) in [6.07, 6.45) is 1.39. The summed E-state index contributed by atoms with van der Waals surface area (Å²) >= 11 is 0. The normalized spacial score (nSPS) is 14.4. The number of nitriles is 1. The number of furan rings is 1. The van der Waals surface area contributed by atoms with E-state index in [1.165, 1.54) is 12.3 Å². The minimum absolute atomic E-state index is 0.0425. The molecule has 10 heteroatoms. The van der Waals surface area contributed by atoms with Gasteiger partial charge in [-0.05, 0) is 61.0 Å². The number of nitrogens with zero attached hydrogens (tertiary/aromatic N) is 2. The molecule has 0 saturated carbocycles. The summed E-state index contributed by atoms with van der Waals surface area (Å²) in [6.45, 7) is 2.13. The quantitative estimate of drug-likeness (QED) is 0.277. The van der Waals surface area contributed by atoms with Crippen LogP contribution in [0.4, 0.5) is 0 Å². The number of aromatic amines is 1. The predicted molar refractivity (Wildman–Crippen MR) is 131 cm³/mol. The molecule has 0 radical (unpaired) electrons. The molecule has 4 aromatic rings. The van der Waals surface area contributed by atoms with Gasteiger partial charge in [-0.2, -0.15) is 5.26 Å². The Morgan fingerprint density at radius 2 is 2.00 bits per heavy atom. The molecular formula is C27H22N4O6. The number of carbonyl (C=O) groups is 1. The third kappa shape index (κ3) is 4.34. The van der Waals surface area contributed by atoms with Crippen molar-refractivity contribution in [1.29, 1.82) is 5.26 Å². The van der Waals surface area contributed by atoms with Crippen molar-refractivity contribution in [1.82, 2.24) is 10.2 Å². The van der Waals surface area contributed by atoms with Crippen LogP contribution in [0, 0.1) is 11.3 Å². The van der Waals surface area contributed by atoms with Crippen LogP contribution in [0.2, 0.25) is 0 Å². The van der Waals surface area contributed by atoms with Crippen LogP contribution >= 0.6 is 0 Å². The third-order valence-corrected chi connectivity index (χ3v) is 5.84. The zero-order valence-electron chi connectivity index (χ0n) is 20.0. The number of nitrogens with one attached hydrogen (secondary N) is 1. The van der Waals surface area contributed by atoms with Gasteiger partial charge >= 0.3 is 5.97 Å². The highest BCUT2D eigenvalue weighted by molar-refractivity contribution is 5.88. The first kappa shape index (κ1) is 23.6. The number of fused-ring (bicyclic) bond motifs is 1. The van der Waals surface area contributed by atoms with E-state index in [2.05, 4.69) is 16.3 Å². The van der Waals surface area contributed by atoms with Crippen LogP contribution in [-0.4, -0.2) is 29.9 Å². The van der Waals surface area contributed by atoms with Gasteiger partial charge < -0.3 is 29.1 Å². The first-order chi connectivity index (χ1) is 18.0. The fraction of sp³-hybridized carbons (Fsp3) is 0.148. The summed E-state index contributed by atoms with van der Waals surface area (Å²) in [7, 11) is 1.59. The van der Waals surface area contributed by atoms with E-state index in [0.717, 1.165) is 5.56 Å². The molecule has 3 heterocycles. The number of carbonyl (C=O) groups excluding carboxylic acids is 1. The van der Waals surface area contributed by atoms with Gasteiger partial charge in [0, 0.05) is 5.56 Å². The summed E-state index contributed by atoms with van der Waals surface area (Å²) in [4.78, 5) is 12.5. The largest absolute Gasteiger partial charge is 0.497 e. The van der Waals surface area contributed by atoms with Crippen LogP contribution < -0.4 is 24.7 Å². The molecule has 3 N–H and O–H groups in total. The summed E-state index contributed by atoms with van der Waals surface area (Å²) in [5.41, 5.74) is 9.11. The molecule has 0 bridgehead atoms. The van der Waals surface area contributed by atoms with E-state index in [1.54, 1.807) is 31.4 Å². The maximum atomic E-state index is 12.5. The summed E-state index contributed by atoms with van der Waals surface area (Å²) in [6, 6.07) is 17.7. The molecule has 1 aliphatic rings. The molecule has 0 saturated heterocycles. The van der Waals surface area contributed by atoms with Crippen molar-refractivity contribution in [2.75, 3.05) is 13.7 Å². The van der Waals surface area contributed by atoms with Gasteiger partial charge in [0.25, 0.3) is 0 Å². The molecule has 0 unspecified atom stereocenters. The van der Waals surface area contributed by atoms with Gasteiger partial charge in [-0.3, -0.25) is 5.10 Å². The first-order valence-electron chi connectivity index (χ1n) is 11.4. The summed E-state index contributed by atoms with van der Waals surface area (Å²) in [5, 5.41) is 17.3. The Labute approximate surface area is 211 Å². The zero-order valence-corrected chi connectivity index (χ0v) is 20.0.